The van der Waals surface area contributed by atoms with E-state index in [-0.39, 0.29) is 24.8 Å². The molecule has 1 N–H and O–H groups in total. The summed E-state index contributed by atoms with van der Waals surface area (Å²) >= 11 is 8.41. The van der Waals surface area contributed by atoms with Crippen LogP contribution in [0.1, 0.15) is 5.56 Å². The largest absolute Gasteiger partial charge is 0.487 e. The lowest BCUT2D eigenvalue weighted by Gasteiger charge is -2.11. The molecular formula is C17H13Cl2FIN3O. The molecule has 0 saturated carbocycles. The van der Waals surface area contributed by atoms with Gasteiger partial charge in [0.1, 0.15) is 30.3 Å². The van der Waals surface area contributed by atoms with Crippen molar-refractivity contribution in [1.29, 1.82) is 0 Å². The van der Waals surface area contributed by atoms with Crippen LogP contribution in [0.5, 0.6) is 5.75 Å². The molecule has 25 heavy (non-hydrogen) atoms. The number of nitrogens with zero attached hydrogens (tertiary/aromatic N) is 2. The van der Waals surface area contributed by atoms with E-state index in [1.165, 1.54) is 18.5 Å². The number of hydrogen-bond acceptors (Lipinski definition) is 4. The maximum Gasteiger partial charge on any atom is 0.147 e. The summed E-state index contributed by atoms with van der Waals surface area (Å²) in [5.74, 6) is 0.945. The second kappa shape index (κ2) is 9.17. The molecule has 0 spiro atoms. The zero-order chi connectivity index (χ0) is 16.9. The van der Waals surface area contributed by atoms with Crippen LogP contribution >= 0.6 is 46.6 Å². The summed E-state index contributed by atoms with van der Waals surface area (Å²) in [6.45, 7) is 0.244. The number of anilines is 2. The highest BCUT2D eigenvalue weighted by Crippen LogP contribution is 2.30. The summed E-state index contributed by atoms with van der Waals surface area (Å²) in [5.41, 5.74) is 1.53. The van der Waals surface area contributed by atoms with Crippen LogP contribution in [0.25, 0.3) is 0 Å². The zero-order valence-electron chi connectivity index (χ0n) is 12.7. The molecule has 0 radical (unpaired) electrons. The summed E-state index contributed by atoms with van der Waals surface area (Å²) in [6, 6.07) is 11.6. The maximum absolute atomic E-state index is 13.2. The highest BCUT2D eigenvalue weighted by Gasteiger charge is 2.06. The number of nitrogens with one attached hydrogen (secondary N) is 1. The van der Waals surface area contributed by atoms with Crippen LogP contribution in [-0.4, -0.2) is 9.97 Å². The number of ether oxygens (including phenoxy) is 1. The lowest BCUT2D eigenvalue weighted by atomic mass is 10.2. The molecule has 4 nitrogen and oxygen atoms in total. The van der Waals surface area contributed by atoms with Gasteiger partial charge in [0.05, 0.1) is 8.59 Å². The lowest BCUT2D eigenvalue weighted by Crippen LogP contribution is -1.99. The predicted molar refractivity (Wildman–Crippen MR) is 107 cm³/mol. The number of aromatic nitrogens is 2. The molecule has 3 aromatic rings. The summed E-state index contributed by atoms with van der Waals surface area (Å²) < 4.78 is 19.7. The molecule has 1 heterocycles. The summed E-state index contributed by atoms with van der Waals surface area (Å²) in [4.78, 5) is 8.12. The minimum absolute atomic E-state index is 0. The Labute approximate surface area is 169 Å². The fraction of sp³-hybridized carbons (Fsp3) is 0.0588. The quantitative estimate of drug-likeness (QED) is 0.470. The van der Waals surface area contributed by atoms with Gasteiger partial charge in [0, 0.05) is 11.9 Å². The summed E-state index contributed by atoms with van der Waals surface area (Å²) in [7, 11) is 0. The van der Waals surface area contributed by atoms with Gasteiger partial charge in [0.25, 0.3) is 0 Å². The Balaban J connectivity index is 0.00000225. The van der Waals surface area contributed by atoms with Gasteiger partial charge in [-0.25, -0.2) is 14.4 Å². The Morgan fingerprint density at radius 1 is 1.20 bits per heavy atom. The fourth-order valence-corrected chi connectivity index (χ4v) is 2.69. The number of halogens is 4. The normalized spacial score (nSPS) is 10.0. The smallest absolute Gasteiger partial charge is 0.147 e. The Morgan fingerprint density at radius 2 is 2.04 bits per heavy atom. The second-order valence-electron chi connectivity index (χ2n) is 4.91. The maximum atomic E-state index is 13.2. The van der Waals surface area contributed by atoms with Gasteiger partial charge in [-0.1, -0.05) is 23.7 Å². The van der Waals surface area contributed by atoms with Gasteiger partial charge in [-0.2, -0.15) is 0 Å². The first-order chi connectivity index (χ1) is 11.6. The monoisotopic (exact) mass is 491 g/mol. The van der Waals surface area contributed by atoms with Crippen molar-refractivity contribution in [2.24, 2.45) is 0 Å². The first-order valence-corrected chi connectivity index (χ1v) is 8.47. The molecule has 0 saturated heterocycles. The molecule has 0 aliphatic carbocycles. The molecule has 3 rings (SSSR count). The van der Waals surface area contributed by atoms with Crippen LogP contribution in [0.4, 0.5) is 15.9 Å². The van der Waals surface area contributed by atoms with Gasteiger partial charge < -0.3 is 10.1 Å². The average Bonchev–Trinajstić information content (AvgIpc) is 2.56. The zero-order valence-corrected chi connectivity index (χ0v) is 16.5. The van der Waals surface area contributed by atoms with E-state index in [0.717, 1.165) is 14.8 Å². The molecule has 2 aromatic carbocycles. The van der Waals surface area contributed by atoms with E-state index in [1.54, 1.807) is 30.5 Å². The molecule has 0 aliphatic heterocycles. The van der Waals surface area contributed by atoms with E-state index in [4.69, 9.17) is 16.3 Å². The van der Waals surface area contributed by atoms with Gasteiger partial charge in [-0.3, -0.25) is 0 Å². The third-order valence-corrected chi connectivity index (χ3v) is 4.23. The number of benzene rings is 2. The molecule has 0 atom stereocenters. The minimum atomic E-state index is -0.291. The van der Waals surface area contributed by atoms with E-state index in [0.29, 0.717) is 16.6 Å². The lowest BCUT2D eigenvalue weighted by molar-refractivity contribution is 0.306. The van der Waals surface area contributed by atoms with Gasteiger partial charge in [-0.05, 0) is 58.5 Å². The Kier molecular flexibility index (Phi) is 7.22. The highest BCUT2D eigenvalue weighted by atomic mass is 127. The van der Waals surface area contributed by atoms with E-state index >= 15 is 0 Å². The first-order valence-electron chi connectivity index (χ1n) is 7.01. The standard InChI is InChI=1S/C17H12ClFIN3O.ClH/c18-14-7-13(23-17-15(20)8-21-10-22-17)4-5-16(14)24-9-11-2-1-3-12(19)6-11;/h1-8,10H,9H2,(H,21,22,23);1H. The average molecular weight is 492 g/mol. The van der Waals surface area contributed by atoms with Crippen LogP contribution in [0, 0.1) is 9.39 Å². The third kappa shape index (κ3) is 5.42. The molecule has 1 aromatic heterocycles. The van der Waals surface area contributed by atoms with Crippen molar-refractivity contribution in [1.82, 2.24) is 9.97 Å². The van der Waals surface area contributed by atoms with Crippen molar-refractivity contribution >= 4 is 58.1 Å². The van der Waals surface area contributed by atoms with E-state index < -0.39 is 0 Å². The van der Waals surface area contributed by atoms with Crippen molar-refractivity contribution in [3.8, 4) is 5.75 Å². The molecule has 0 aliphatic rings. The predicted octanol–water partition coefficient (Wildman–Crippen LogP) is 5.62. The summed E-state index contributed by atoms with van der Waals surface area (Å²) in [5, 5.41) is 3.63. The van der Waals surface area contributed by atoms with Crippen molar-refractivity contribution in [2.45, 2.75) is 6.61 Å². The minimum Gasteiger partial charge on any atom is -0.487 e. The molecule has 0 unspecified atom stereocenters. The highest BCUT2D eigenvalue weighted by molar-refractivity contribution is 14.1. The number of rotatable bonds is 5. The molecule has 8 heteroatoms. The second-order valence-corrected chi connectivity index (χ2v) is 6.48. The van der Waals surface area contributed by atoms with Gasteiger partial charge in [0.2, 0.25) is 0 Å². The van der Waals surface area contributed by atoms with Crippen molar-refractivity contribution in [3.05, 3.63) is 75.0 Å². The Bertz CT molecular complexity index is 867. The molecule has 0 bridgehead atoms. The topological polar surface area (TPSA) is 47.0 Å². The van der Waals surface area contributed by atoms with Crippen LogP contribution in [0.3, 0.4) is 0 Å². The van der Waals surface area contributed by atoms with Crippen LogP contribution in [-0.2, 0) is 6.61 Å². The van der Waals surface area contributed by atoms with E-state index in [9.17, 15) is 4.39 Å². The van der Waals surface area contributed by atoms with Crippen molar-refractivity contribution < 1.29 is 9.13 Å². The Hall–Kier alpha value is -1.64. The van der Waals surface area contributed by atoms with Gasteiger partial charge in [0.15, 0.2) is 0 Å². The molecular weight excluding hydrogens is 479 g/mol. The SMILES string of the molecule is Cl.Fc1cccc(COc2ccc(Nc3ncncc3I)cc2Cl)c1. The van der Waals surface area contributed by atoms with Crippen LogP contribution in [0.15, 0.2) is 55.0 Å². The third-order valence-electron chi connectivity index (χ3n) is 3.15. The van der Waals surface area contributed by atoms with Gasteiger partial charge in [-0.15, -0.1) is 12.4 Å². The van der Waals surface area contributed by atoms with E-state index in [1.807, 2.05) is 6.07 Å². The molecule has 0 amide bonds. The summed E-state index contributed by atoms with van der Waals surface area (Å²) in [6.07, 6.45) is 3.19. The fourth-order valence-electron chi connectivity index (χ4n) is 2.02. The van der Waals surface area contributed by atoms with Crippen LogP contribution < -0.4 is 10.1 Å². The first kappa shape index (κ1) is 19.7. The Morgan fingerprint density at radius 3 is 2.76 bits per heavy atom. The van der Waals surface area contributed by atoms with E-state index in [2.05, 4.69) is 37.9 Å². The molecule has 130 valence electrons. The van der Waals surface area contributed by atoms with Crippen molar-refractivity contribution in [3.63, 3.8) is 0 Å². The van der Waals surface area contributed by atoms with Crippen molar-refractivity contribution in [2.75, 3.05) is 5.32 Å². The van der Waals surface area contributed by atoms with Crippen LogP contribution in [0.2, 0.25) is 5.02 Å². The number of hydrogen-bond donors (Lipinski definition) is 1. The van der Waals surface area contributed by atoms with Gasteiger partial charge >= 0.3 is 0 Å². The molecule has 0 fully saturated rings.